The van der Waals surface area contributed by atoms with Crippen LogP contribution in [0.4, 0.5) is 11.8 Å². The van der Waals surface area contributed by atoms with Crippen LogP contribution >= 0.6 is 39.7 Å². The van der Waals surface area contributed by atoms with Crippen LogP contribution in [0.3, 0.4) is 0 Å². The van der Waals surface area contributed by atoms with E-state index in [0.717, 1.165) is 0 Å². The highest BCUT2D eigenvalue weighted by Gasteiger charge is 2.50. The first kappa shape index (κ1) is 29.5. The summed E-state index contributed by atoms with van der Waals surface area (Å²) >= 11 is 8.93. The Balaban J connectivity index is 1.15. The zero-order valence-electron chi connectivity index (χ0n) is 21.7. The molecule has 3 fully saturated rings. The summed E-state index contributed by atoms with van der Waals surface area (Å²) in [6.07, 6.45) is -3.66. The number of aromatic amines is 1. The first-order valence-electron chi connectivity index (χ1n) is 12.7. The van der Waals surface area contributed by atoms with Gasteiger partial charge in [-0.05, 0) is 6.07 Å². The number of thiol groups is 2. The molecule has 3 saturated heterocycles. The van der Waals surface area contributed by atoms with Crippen LogP contribution in [0.1, 0.15) is 12.5 Å². The maximum atomic E-state index is 12.3. The van der Waals surface area contributed by atoms with Crippen molar-refractivity contribution < 1.29 is 37.8 Å². The quantitative estimate of drug-likeness (QED) is 0.112. The number of ether oxygens (including phenoxy) is 2. The Morgan fingerprint density at radius 2 is 1.65 bits per heavy atom. The fourth-order valence-electron chi connectivity index (χ4n) is 5.28. The minimum absolute atomic E-state index is 0.0268. The average Bonchev–Trinajstić information content (AvgIpc) is 3.72. The number of anilines is 2. The van der Waals surface area contributed by atoms with E-state index in [4.69, 9.17) is 39.0 Å². The van der Waals surface area contributed by atoms with Crippen molar-refractivity contribution >= 4 is 73.6 Å². The van der Waals surface area contributed by atoms with Crippen molar-refractivity contribution in [1.82, 2.24) is 34.1 Å². The molecule has 3 aliphatic heterocycles. The number of hydrogen-bond donors (Lipinski definition) is 7. The number of nitrogens with one attached hydrogen (secondary N) is 1. The van der Waals surface area contributed by atoms with Crippen molar-refractivity contribution in [2.24, 2.45) is 0 Å². The Morgan fingerprint density at radius 3 is 2.44 bits per heavy atom. The standard InChI is InChI=1S/C21H25N9O9P2S2/c22-15-7-1-2-29(16(7)25-5-24-15)19-12(32)13-9(37-19)4-35-41(43)39-14-11(31)8(3-34-40(42)38-13)36-20(14)30-6-26-10-17(30)27-21(23)28-18(10)33/h1-2,5-6,8-9,11-14,19-20,31-32,42-43H,3-4H2,(H2,22,24,25)(H3,23,27,28,33)/t8-,9-,11?,12?,13?,14?,19-,20-,40?,41?/m1/s1. The van der Waals surface area contributed by atoms with Gasteiger partial charge in [0.05, 0.1) is 24.9 Å². The molecule has 4 aromatic heterocycles. The molecule has 0 aromatic carbocycles. The topological polar surface area (TPSA) is 242 Å². The molecule has 0 aliphatic carbocycles. The lowest BCUT2D eigenvalue weighted by Crippen LogP contribution is -2.35. The number of nitrogens with zero attached hydrogens (tertiary/aromatic N) is 6. The zero-order valence-corrected chi connectivity index (χ0v) is 25.3. The smallest absolute Gasteiger partial charge is 0.280 e. The number of fused-ring (bicyclic) bond motifs is 5. The van der Waals surface area contributed by atoms with Gasteiger partial charge in [0.1, 0.15) is 54.4 Å². The third kappa shape index (κ3) is 5.28. The second kappa shape index (κ2) is 11.6. The summed E-state index contributed by atoms with van der Waals surface area (Å²) in [4.78, 5) is 31.3. The molecule has 43 heavy (non-hydrogen) atoms. The summed E-state index contributed by atoms with van der Waals surface area (Å²) in [6, 6.07) is 1.73. The van der Waals surface area contributed by atoms with E-state index >= 15 is 0 Å². The molecule has 6 unspecified atom stereocenters. The van der Waals surface area contributed by atoms with E-state index in [1.54, 1.807) is 16.8 Å². The van der Waals surface area contributed by atoms with Crippen molar-refractivity contribution in [3.05, 3.63) is 35.3 Å². The maximum absolute atomic E-state index is 12.3. The molecule has 10 atom stereocenters. The van der Waals surface area contributed by atoms with Crippen molar-refractivity contribution in [2.45, 2.75) is 49.1 Å². The fraction of sp³-hybridized carbons (Fsp3) is 0.476. The molecule has 0 radical (unpaired) electrons. The molecular weight excluding hydrogens is 648 g/mol. The molecule has 7 heterocycles. The van der Waals surface area contributed by atoms with Gasteiger partial charge < -0.3 is 53.8 Å². The summed E-state index contributed by atoms with van der Waals surface area (Å²) in [5, 5.41) is 23.1. The highest BCUT2D eigenvalue weighted by molar-refractivity contribution is 8.42. The first-order chi connectivity index (χ1) is 20.7. The van der Waals surface area contributed by atoms with Crippen LogP contribution in [0.25, 0.3) is 22.2 Å². The number of nitrogen functional groups attached to an aromatic ring is 2. The van der Waals surface area contributed by atoms with Gasteiger partial charge in [-0.1, -0.05) is 24.5 Å². The highest BCUT2D eigenvalue weighted by Crippen LogP contribution is 2.53. The van der Waals surface area contributed by atoms with Gasteiger partial charge in [-0.15, -0.1) is 0 Å². The normalized spacial score (nSPS) is 35.4. The number of rotatable bonds is 2. The summed E-state index contributed by atoms with van der Waals surface area (Å²) in [6.45, 7) is -0.267. The summed E-state index contributed by atoms with van der Waals surface area (Å²) in [5.41, 5.74) is 11.8. The molecule has 230 valence electrons. The van der Waals surface area contributed by atoms with E-state index in [-0.39, 0.29) is 36.1 Å². The van der Waals surface area contributed by atoms with Gasteiger partial charge in [0.15, 0.2) is 23.6 Å². The van der Waals surface area contributed by atoms with E-state index in [9.17, 15) is 15.0 Å². The molecule has 4 aromatic rings. The zero-order chi connectivity index (χ0) is 30.0. The number of imidazole rings is 1. The second-order valence-corrected chi connectivity index (χ2v) is 13.7. The van der Waals surface area contributed by atoms with E-state index in [1.807, 2.05) is 0 Å². The first-order valence-corrected chi connectivity index (χ1v) is 17.4. The van der Waals surface area contributed by atoms with E-state index in [1.165, 1.54) is 17.2 Å². The minimum atomic E-state index is -1.95. The van der Waals surface area contributed by atoms with Gasteiger partial charge in [0, 0.05) is 6.20 Å². The largest absolute Gasteiger partial charge is 0.387 e. The molecule has 0 amide bonds. The lowest BCUT2D eigenvalue weighted by molar-refractivity contribution is -0.0535. The average molecular weight is 674 g/mol. The SMILES string of the molecule is Nc1nc2c(ncn2[C@@H]2O[C@@H]3COP(S)OC4C(O)[C@H](n5ccc6c(N)ncnc65)O[C@@H]4COP(S)OC2C3O)c(=O)[nH]1. The van der Waals surface area contributed by atoms with Gasteiger partial charge in [0.2, 0.25) is 21.1 Å². The second-order valence-electron chi connectivity index (χ2n) is 9.81. The third-order valence-corrected chi connectivity index (χ3v) is 10.1. The third-order valence-electron chi connectivity index (χ3n) is 7.28. The van der Waals surface area contributed by atoms with Crippen molar-refractivity contribution in [1.29, 1.82) is 0 Å². The van der Waals surface area contributed by atoms with Gasteiger partial charge in [0.25, 0.3) is 5.56 Å². The number of hydrogen-bond acceptors (Lipinski definition) is 17. The Labute approximate surface area is 254 Å². The predicted molar refractivity (Wildman–Crippen MR) is 158 cm³/mol. The van der Waals surface area contributed by atoms with Crippen LogP contribution in [0.5, 0.6) is 0 Å². The van der Waals surface area contributed by atoms with Gasteiger partial charge in [-0.3, -0.25) is 14.3 Å². The van der Waals surface area contributed by atoms with E-state index < -0.39 is 69.8 Å². The maximum Gasteiger partial charge on any atom is 0.280 e. The molecule has 18 nitrogen and oxygen atoms in total. The lowest BCUT2D eigenvalue weighted by atomic mass is 10.1. The van der Waals surface area contributed by atoms with Gasteiger partial charge in [-0.2, -0.15) is 4.98 Å². The van der Waals surface area contributed by atoms with Crippen molar-refractivity contribution in [3.8, 4) is 0 Å². The Hall–Kier alpha value is -2.19. The molecule has 22 heteroatoms. The van der Waals surface area contributed by atoms with Crippen molar-refractivity contribution in [3.63, 3.8) is 0 Å². The highest BCUT2D eigenvalue weighted by atomic mass is 32.7. The molecule has 3 aliphatic rings. The number of aliphatic hydroxyl groups is 2. The Morgan fingerprint density at radius 1 is 0.930 bits per heavy atom. The number of nitrogens with two attached hydrogens (primary N) is 2. The molecule has 7 N–H and O–H groups in total. The Bertz CT molecular complexity index is 1710. The molecule has 0 spiro atoms. The number of aromatic nitrogens is 7. The predicted octanol–water partition coefficient (Wildman–Crippen LogP) is 0.376. The van der Waals surface area contributed by atoms with Crippen LogP contribution in [0, 0.1) is 0 Å². The summed E-state index contributed by atoms with van der Waals surface area (Å²) in [5.74, 6) is 0.168. The summed E-state index contributed by atoms with van der Waals surface area (Å²) < 4.78 is 39.2. The van der Waals surface area contributed by atoms with Crippen LogP contribution in [-0.4, -0.2) is 94.1 Å². The van der Waals surface area contributed by atoms with Crippen LogP contribution in [0.2, 0.25) is 0 Å². The molecule has 7 rings (SSSR count). The van der Waals surface area contributed by atoms with Crippen LogP contribution in [0.15, 0.2) is 29.7 Å². The van der Waals surface area contributed by atoms with Crippen molar-refractivity contribution in [2.75, 3.05) is 24.7 Å². The fourth-order valence-corrected chi connectivity index (χ4v) is 7.91. The monoisotopic (exact) mass is 673 g/mol. The van der Waals surface area contributed by atoms with Gasteiger partial charge in [-0.25, -0.2) is 15.0 Å². The van der Waals surface area contributed by atoms with E-state index in [2.05, 4.69) is 49.4 Å². The summed E-state index contributed by atoms with van der Waals surface area (Å²) in [7, 11) is -3.85. The van der Waals surface area contributed by atoms with E-state index in [0.29, 0.717) is 11.0 Å². The van der Waals surface area contributed by atoms with Crippen LogP contribution in [-0.2, 0) is 27.6 Å². The van der Waals surface area contributed by atoms with Crippen LogP contribution < -0.4 is 17.0 Å². The van der Waals surface area contributed by atoms with Gasteiger partial charge >= 0.3 is 0 Å². The number of aliphatic hydroxyl groups excluding tert-OH is 2. The Kier molecular flexibility index (Phi) is 7.98. The minimum Gasteiger partial charge on any atom is -0.387 e. The number of H-pyrrole nitrogens is 1. The lowest BCUT2D eigenvalue weighted by Gasteiger charge is -2.26. The molecular formula is C21H25N9O9P2S2. The molecule has 2 bridgehead atoms. The molecule has 0 saturated carbocycles.